The molecule has 1 aliphatic carbocycles. The summed E-state index contributed by atoms with van der Waals surface area (Å²) < 4.78 is 10.6. The van der Waals surface area contributed by atoms with Crippen molar-refractivity contribution >= 4 is 15.7 Å². The van der Waals surface area contributed by atoms with E-state index >= 15 is 0 Å². The van der Waals surface area contributed by atoms with E-state index in [1.54, 1.807) is 14.2 Å². The second-order valence-electron chi connectivity index (χ2n) is 4.79. The maximum atomic E-state index is 9.91. The Morgan fingerprint density at radius 3 is 1.85 bits per heavy atom. The Kier molecular flexibility index (Phi) is 2.56. The van der Waals surface area contributed by atoms with Crippen LogP contribution in [-0.4, -0.2) is 46.2 Å². The molecule has 0 amide bonds. The Balaban J connectivity index is 2.65. The average molecular weight is 184 g/mol. The highest BCUT2D eigenvalue weighted by Gasteiger charge is 2.58. The standard InChI is InChI=1S/C8H18B2O3/c1-6(8(9,10)11)4-7(5-6,12-2)13-3/h11H,4-5,9-10H2,1-3H3. The van der Waals surface area contributed by atoms with Gasteiger partial charge < -0.3 is 14.6 Å². The Bertz CT molecular complexity index is 188. The molecule has 0 spiro atoms. The van der Waals surface area contributed by atoms with Crippen LogP contribution in [0.1, 0.15) is 19.8 Å². The lowest BCUT2D eigenvalue weighted by Crippen LogP contribution is -2.63. The fraction of sp³-hybridized carbons (Fsp3) is 1.00. The molecule has 0 aromatic carbocycles. The maximum Gasteiger partial charge on any atom is 0.168 e. The third-order valence-electron chi connectivity index (χ3n) is 3.54. The Morgan fingerprint density at radius 1 is 1.23 bits per heavy atom. The second-order valence-corrected chi connectivity index (χ2v) is 4.79. The summed E-state index contributed by atoms with van der Waals surface area (Å²) in [5.74, 6) is -0.464. The van der Waals surface area contributed by atoms with Crippen LogP contribution in [-0.2, 0) is 9.47 Å². The number of methoxy groups -OCH3 is 2. The minimum atomic E-state index is -0.673. The van der Waals surface area contributed by atoms with E-state index in [0.717, 1.165) is 12.8 Å². The molecular weight excluding hydrogens is 166 g/mol. The second kappa shape index (κ2) is 3.01. The van der Waals surface area contributed by atoms with Crippen LogP contribution in [0.15, 0.2) is 0 Å². The van der Waals surface area contributed by atoms with E-state index < -0.39 is 11.2 Å². The molecule has 1 N–H and O–H groups in total. The lowest BCUT2D eigenvalue weighted by atomic mass is 9.43. The molecule has 0 atom stereocenters. The molecule has 0 aromatic heterocycles. The van der Waals surface area contributed by atoms with Crippen LogP contribution in [0, 0.1) is 5.41 Å². The van der Waals surface area contributed by atoms with Gasteiger partial charge >= 0.3 is 0 Å². The van der Waals surface area contributed by atoms with Crippen molar-refractivity contribution in [3.8, 4) is 0 Å². The van der Waals surface area contributed by atoms with Crippen LogP contribution >= 0.6 is 0 Å². The molecule has 0 aliphatic heterocycles. The van der Waals surface area contributed by atoms with Crippen molar-refractivity contribution in [3.05, 3.63) is 0 Å². The predicted molar refractivity (Wildman–Crippen MR) is 56.1 cm³/mol. The van der Waals surface area contributed by atoms with E-state index in [1.165, 1.54) is 0 Å². The monoisotopic (exact) mass is 184 g/mol. The van der Waals surface area contributed by atoms with Crippen LogP contribution in [0.3, 0.4) is 0 Å². The van der Waals surface area contributed by atoms with E-state index in [9.17, 15) is 5.11 Å². The normalized spacial score (nSPS) is 25.2. The highest BCUT2D eigenvalue weighted by atomic mass is 16.7. The molecular formula is C8H18B2O3. The van der Waals surface area contributed by atoms with Gasteiger partial charge in [-0.2, -0.15) is 0 Å². The van der Waals surface area contributed by atoms with Crippen molar-refractivity contribution in [1.29, 1.82) is 0 Å². The molecule has 13 heavy (non-hydrogen) atoms. The van der Waals surface area contributed by atoms with Gasteiger partial charge in [-0.25, -0.2) is 0 Å². The topological polar surface area (TPSA) is 38.7 Å². The summed E-state index contributed by atoms with van der Waals surface area (Å²) in [6.07, 6.45) is 1.49. The third-order valence-corrected chi connectivity index (χ3v) is 3.54. The smallest absolute Gasteiger partial charge is 0.168 e. The van der Waals surface area contributed by atoms with Gasteiger partial charge in [-0.3, -0.25) is 0 Å². The van der Waals surface area contributed by atoms with Crippen molar-refractivity contribution in [3.63, 3.8) is 0 Å². The molecule has 1 fully saturated rings. The number of hydrogen-bond acceptors (Lipinski definition) is 3. The SMILES string of the molecule is BC(B)(O)C1(C)CC(OC)(OC)C1. The zero-order valence-corrected chi connectivity index (χ0v) is 9.18. The molecule has 0 aromatic rings. The van der Waals surface area contributed by atoms with Crippen molar-refractivity contribution in [2.75, 3.05) is 14.2 Å². The summed E-state index contributed by atoms with van der Waals surface area (Å²) in [4.78, 5) is 0. The van der Waals surface area contributed by atoms with Crippen molar-refractivity contribution < 1.29 is 14.6 Å². The first kappa shape index (κ1) is 11.1. The van der Waals surface area contributed by atoms with E-state index in [1.807, 2.05) is 15.7 Å². The van der Waals surface area contributed by atoms with Crippen LogP contribution < -0.4 is 0 Å². The molecule has 74 valence electrons. The zero-order chi connectivity index (χ0) is 10.3. The zero-order valence-electron chi connectivity index (χ0n) is 9.18. The molecule has 1 aliphatic rings. The van der Waals surface area contributed by atoms with Gasteiger partial charge in [0, 0.05) is 32.5 Å². The molecule has 5 heteroatoms. The molecule has 0 saturated heterocycles. The molecule has 0 unspecified atom stereocenters. The highest BCUT2D eigenvalue weighted by Crippen LogP contribution is 2.54. The summed E-state index contributed by atoms with van der Waals surface area (Å²) in [6, 6.07) is 0. The quantitative estimate of drug-likeness (QED) is 0.437. The fourth-order valence-corrected chi connectivity index (χ4v) is 1.94. The molecule has 0 radical (unpaired) electrons. The summed E-state index contributed by atoms with van der Waals surface area (Å²) in [6.45, 7) is 2.06. The number of rotatable bonds is 3. The molecule has 1 saturated carbocycles. The van der Waals surface area contributed by atoms with Gasteiger partial charge in [-0.15, -0.1) is 0 Å². The van der Waals surface area contributed by atoms with Crippen LogP contribution in [0.25, 0.3) is 0 Å². The molecule has 0 bridgehead atoms. The van der Waals surface area contributed by atoms with Crippen LogP contribution in [0.4, 0.5) is 0 Å². The van der Waals surface area contributed by atoms with Crippen molar-refractivity contribution in [2.45, 2.75) is 31.0 Å². The van der Waals surface area contributed by atoms with E-state index in [0.29, 0.717) is 0 Å². The van der Waals surface area contributed by atoms with Crippen LogP contribution in [0.2, 0.25) is 0 Å². The van der Waals surface area contributed by atoms with Gasteiger partial charge in [0.15, 0.2) is 5.79 Å². The predicted octanol–water partition coefficient (Wildman–Crippen LogP) is -1.31. The van der Waals surface area contributed by atoms with Gasteiger partial charge in [0.05, 0.1) is 0 Å². The van der Waals surface area contributed by atoms with Gasteiger partial charge in [0.1, 0.15) is 15.7 Å². The number of ether oxygens (including phenoxy) is 2. The summed E-state index contributed by atoms with van der Waals surface area (Å²) in [7, 11) is 6.96. The molecule has 1 rings (SSSR count). The highest BCUT2D eigenvalue weighted by molar-refractivity contribution is 6.39. The average Bonchev–Trinajstić information content (AvgIpc) is 1.96. The number of hydrogen-bond donors (Lipinski definition) is 1. The summed E-state index contributed by atoms with van der Waals surface area (Å²) >= 11 is 0. The maximum absolute atomic E-state index is 9.91. The molecule has 3 nitrogen and oxygen atoms in total. The first-order chi connectivity index (χ1) is 5.79. The summed E-state index contributed by atoms with van der Waals surface area (Å²) in [5, 5.41) is 9.24. The Morgan fingerprint density at radius 2 is 1.62 bits per heavy atom. The first-order valence-electron chi connectivity index (χ1n) is 4.61. The van der Waals surface area contributed by atoms with E-state index in [-0.39, 0.29) is 5.41 Å². The Labute approximate surface area is 81.6 Å². The lowest BCUT2D eigenvalue weighted by Gasteiger charge is -2.58. The van der Waals surface area contributed by atoms with Gasteiger partial charge in [-0.05, 0) is 5.41 Å². The van der Waals surface area contributed by atoms with E-state index in [4.69, 9.17) is 9.47 Å². The van der Waals surface area contributed by atoms with Crippen LogP contribution in [0.5, 0.6) is 0 Å². The van der Waals surface area contributed by atoms with Gasteiger partial charge in [0.25, 0.3) is 0 Å². The molecule has 0 heterocycles. The van der Waals surface area contributed by atoms with Gasteiger partial charge in [-0.1, -0.05) is 6.92 Å². The fourth-order valence-electron chi connectivity index (χ4n) is 1.94. The van der Waals surface area contributed by atoms with Crippen molar-refractivity contribution in [2.24, 2.45) is 5.41 Å². The third kappa shape index (κ3) is 1.65. The minimum Gasteiger partial charge on any atom is -0.407 e. The van der Waals surface area contributed by atoms with E-state index in [2.05, 4.69) is 6.92 Å². The minimum absolute atomic E-state index is 0.0982. The number of aliphatic hydroxyl groups is 1. The van der Waals surface area contributed by atoms with Crippen molar-refractivity contribution in [1.82, 2.24) is 0 Å². The summed E-state index contributed by atoms with van der Waals surface area (Å²) in [5.41, 5.74) is -0.0982. The lowest BCUT2D eigenvalue weighted by molar-refractivity contribution is -0.306. The first-order valence-corrected chi connectivity index (χ1v) is 4.61. The van der Waals surface area contributed by atoms with Gasteiger partial charge in [0.2, 0.25) is 0 Å². The Hall–Kier alpha value is 0.00987. The largest absolute Gasteiger partial charge is 0.407 e.